The van der Waals surface area contributed by atoms with Crippen molar-refractivity contribution in [3.8, 4) is 0 Å². The van der Waals surface area contributed by atoms with Gasteiger partial charge in [0.15, 0.2) is 0 Å². The van der Waals surface area contributed by atoms with Crippen molar-refractivity contribution in [1.29, 1.82) is 0 Å². The zero-order chi connectivity index (χ0) is 12.2. The van der Waals surface area contributed by atoms with Crippen molar-refractivity contribution in [2.75, 3.05) is 0 Å². The lowest BCUT2D eigenvalue weighted by Crippen LogP contribution is -2.44. The Morgan fingerprint density at radius 3 is 2.38 bits per heavy atom. The van der Waals surface area contributed by atoms with Crippen LogP contribution in [-0.2, 0) is 11.3 Å². The molecular weight excluding hydrogens is 200 g/mol. The van der Waals surface area contributed by atoms with Crippen LogP contribution in [0, 0.1) is 5.41 Å². The minimum absolute atomic E-state index is 0.0150. The van der Waals surface area contributed by atoms with E-state index in [2.05, 4.69) is 0 Å². The highest BCUT2D eigenvalue weighted by atomic mass is 16.2. The van der Waals surface area contributed by atoms with Crippen LogP contribution in [0.25, 0.3) is 0 Å². The van der Waals surface area contributed by atoms with Crippen molar-refractivity contribution in [3.05, 3.63) is 35.9 Å². The summed E-state index contributed by atoms with van der Waals surface area (Å²) in [6.45, 7) is 6.29. The van der Waals surface area contributed by atoms with Crippen LogP contribution in [0.15, 0.2) is 30.3 Å². The molecule has 0 fully saturated rings. The molecule has 1 amide bonds. The van der Waals surface area contributed by atoms with E-state index in [1.807, 2.05) is 51.1 Å². The molecule has 3 nitrogen and oxygen atoms in total. The average Bonchev–Trinajstić information content (AvgIpc) is 2.29. The van der Waals surface area contributed by atoms with Crippen molar-refractivity contribution in [2.24, 2.45) is 11.3 Å². The van der Waals surface area contributed by atoms with Crippen molar-refractivity contribution in [1.82, 2.24) is 5.01 Å². The van der Waals surface area contributed by atoms with Crippen molar-refractivity contribution >= 4 is 5.91 Å². The molecule has 16 heavy (non-hydrogen) atoms. The van der Waals surface area contributed by atoms with Gasteiger partial charge in [-0.1, -0.05) is 51.1 Å². The fourth-order valence-corrected chi connectivity index (χ4v) is 1.39. The van der Waals surface area contributed by atoms with Gasteiger partial charge in [0.1, 0.15) is 0 Å². The van der Waals surface area contributed by atoms with E-state index < -0.39 is 0 Å². The summed E-state index contributed by atoms with van der Waals surface area (Å²) in [6, 6.07) is 9.76. The number of carbonyl (C=O) groups is 1. The van der Waals surface area contributed by atoms with E-state index >= 15 is 0 Å². The fourth-order valence-electron chi connectivity index (χ4n) is 1.39. The third-order valence-electron chi connectivity index (χ3n) is 2.92. The van der Waals surface area contributed by atoms with Gasteiger partial charge in [-0.15, -0.1) is 0 Å². The molecule has 0 aromatic heterocycles. The van der Waals surface area contributed by atoms with Crippen molar-refractivity contribution in [2.45, 2.75) is 33.7 Å². The number of carbonyl (C=O) groups excluding carboxylic acids is 1. The highest BCUT2D eigenvalue weighted by molar-refractivity contribution is 5.81. The van der Waals surface area contributed by atoms with Gasteiger partial charge in [-0.25, -0.2) is 5.84 Å². The Morgan fingerprint density at radius 1 is 1.31 bits per heavy atom. The topological polar surface area (TPSA) is 46.3 Å². The number of nitrogens with two attached hydrogens (primary N) is 1. The minimum Gasteiger partial charge on any atom is -0.276 e. The second kappa shape index (κ2) is 5.12. The third-order valence-corrected chi connectivity index (χ3v) is 2.92. The summed E-state index contributed by atoms with van der Waals surface area (Å²) in [5.74, 6) is 5.78. The van der Waals surface area contributed by atoms with E-state index in [1.165, 1.54) is 5.01 Å². The molecule has 0 bridgehead atoms. The predicted molar refractivity (Wildman–Crippen MR) is 65.3 cm³/mol. The van der Waals surface area contributed by atoms with Gasteiger partial charge >= 0.3 is 0 Å². The molecule has 0 aliphatic carbocycles. The summed E-state index contributed by atoms with van der Waals surface area (Å²) < 4.78 is 0. The van der Waals surface area contributed by atoms with E-state index in [9.17, 15) is 4.79 Å². The van der Waals surface area contributed by atoms with Crippen LogP contribution in [0.4, 0.5) is 0 Å². The molecule has 0 radical (unpaired) electrons. The van der Waals surface area contributed by atoms with Crippen molar-refractivity contribution < 1.29 is 4.79 Å². The van der Waals surface area contributed by atoms with E-state index in [-0.39, 0.29) is 11.3 Å². The quantitative estimate of drug-likeness (QED) is 0.481. The Labute approximate surface area is 97.2 Å². The molecule has 0 unspecified atom stereocenters. The Kier molecular flexibility index (Phi) is 4.07. The highest BCUT2D eigenvalue weighted by Gasteiger charge is 2.28. The largest absolute Gasteiger partial charge is 0.276 e. The Bertz CT molecular complexity index is 346. The molecule has 3 heteroatoms. The summed E-state index contributed by atoms with van der Waals surface area (Å²) in [4.78, 5) is 12.0. The Morgan fingerprint density at radius 2 is 1.88 bits per heavy atom. The number of hydrazine groups is 1. The summed E-state index contributed by atoms with van der Waals surface area (Å²) >= 11 is 0. The molecule has 0 saturated carbocycles. The van der Waals surface area contributed by atoms with Crippen LogP contribution >= 0.6 is 0 Å². The predicted octanol–water partition coefficient (Wildman–Crippen LogP) is 2.33. The zero-order valence-corrected chi connectivity index (χ0v) is 10.2. The lowest BCUT2D eigenvalue weighted by Gasteiger charge is -2.27. The monoisotopic (exact) mass is 220 g/mol. The lowest BCUT2D eigenvalue weighted by molar-refractivity contribution is -0.141. The molecule has 88 valence electrons. The molecule has 2 N–H and O–H groups in total. The second-order valence-corrected chi connectivity index (χ2v) is 4.66. The normalized spacial score (nSPS) is 11.2. The molecule has 0 aliphatic rings. The maximum absolute atomic E-state index is 12.0. The molecule has 0 atom stereocenters. The van der Waals surface area contributed by atoms with E-state index in [0.717, 1.165) is 12.0 Å². The molecule has 1 aromatic carbocycles. The van der Waals surface area contributed by atoms with E-state index in [0.29, 0.717) is 6.54 Å². The average molecular weight is 220 g/mol. The number of benzene rings is 1. The van der Waals surface area contributed by atoms with Crippen LogP contribution in [0.1, 0.15) is 32.8 Å². The fraction of sp³-hybridized carbons (Fsp3) is 0.462. The van der Waals surface area contributed by atoms with Crippen LogP contribution in [-0.4, -0.2) is 10.9 Å². The van der Waals surface area contributed by atoms with Gasteiger partial charge in [-0.05, 0) is 12.0 Å². The molecular formula is C13H20N2O. The van der Waals surface area contributed by atoms with Gasteiger partial charge in [-0.2, -0.15) is 0 Å². The molecule has 1 rings (SSSR count). The number of hydrogen-bond acceptors (Lipinski definition) is 2. The maximum Gasteiger partial charge on any atom is 0.242 e. The Hall–Kier alpha value is -1.35. The first-order valence-corrected chi connectivity index (χ1v) is 5.58. The zero-order valence-electron chi connectivity index (χ0n) is 10.2. The van der Waals surface area contributed by atoms with Gasteiger partial charge in [0.2, 0.25) is 5.91 Å². The lowest BCUT2D eigenvalue weighted by atomic mass is 9.89. The van der Waals surface area contributed by atoms with Gasteiger partial charge in [0.25, 0.3) is 0 Å². The SMILES string of the molecule is CCC(C)(C)C(=O)N(N)Cc1ccccc1. The van der Waals surface area contributed by atoms with Gasteiger partial charge in [-0.3, -0.25) is 9.80 Å². The summed E-state index contributed by atoms with van der Waals surface area (Å²) in [6.07, 6.45) is 0.786. The second-order valence-electron chi connectivity index (χ2n) is 4.66. The van der Waals surface area contributed by atoms with Crippen molar-refractivity contribution in [3.63, 3.8) is 0 Å². The summed E-state index contributed by atoms with van der Waals surface area (Å²) in [5.41, 5.74) is 0.661. The van der Waals surface area contributed by atoms with E-state index in [1.54, 1.807) is 0 Å². The van der Waals surface area contributed by atoms with Gasteiger partial charge < -0.3 is 0 Å². The summed E-state index contributed by atoms with van der Waals surface area (Å²) in [5, 5.41) is 1.30. The molecule has 1 aromatic rings. The van der Waals surface area contributed by atoms with Crippen LogP contribution in [0.5, 0.6) is 0 Å². The number of hydrogen-bond donors (Lipinski definition) is 1. The maximum atomic E-state index is 12.0. The molecule has 0 heterocycles. The minimum atomic E-state index is -0.385. The van der Waals surface area contributed by atoms with Gasteiger partial charge in [0.05, 0.1) is 6.54 Å². The number of nitrogens with zero attached hydrogens (tertiary/aromatic N) is 1. The smallest absolute Gasteiger partial charge is 0.242 e. The number of amides is 1. The summed E-state index contributed by atoms with van der Waals surface area (Å²) in [7, 11) is 0. The first-order valence-electron chi connectivity index (χ1n) is 5.58. The van der Waals surface area contributed by atoms with Crippen LogP contribution in [0.2, 0.25) is 0 Å². The van der Waals surface area contributed by atoms with Crippen LogP contribution in [0.3, 0.4) is 0 Å². The molecule has 0 saturated heterocycles. The first-order chi connectivity index (χ1) is 7.47. The molecule has 0 spiro atoms. The third kappa shape index (κ3) is 3.07. The highest BCUT2D eigenvalue weighted by Crippen LogP contribution is 2.22. The van der Waals surface area contributed by atoms with Crippen LogP contribution < -0.4 is 5.84 Å². The molecule has 0 aliphatic heterocycles. The Balaban J connectivity index is 2.66. The first kappa shape index (κ1) is 12.7. The van der Waals surface area contributed by atoms with E-state index in [4.69, 9.17) is 5.84 Å². The number of rotatable bonds is 4. The standard InChI is InChI=1S/C13H20N2O/c1-4-13(2,3)12(16)15(14)10-11-8-6-5-7-9-11/h5-9H,4,10,14H2,1-3H3. The van der Waals surface area contributed by atoms with Gasteiger partial charge in [0, 0.05) is 5.41 Å².